The average molecular weight is 445 g/mol. The third-order valence-electron chi connectivity index (χ3n) is 1.59. The number of alkyl halides is 6. The van der Waals surface area contributed by atoms with Gasteiger partial charge >= 0.3 is 21.3 Å². The summed E-state index contributed by atoms with van der Waals surface area (Å²) in [5, 5.41) is 8.63. The molecule has 1 aromatic rings. The molecule has 0 aliphatic carbocycles. The van der Waals surface area contributed by atoms with Crippen LogP contribution in [0.2, 0.25) is 0 Å². The van der Waals surface area contributed by atoms with Crippen LogP contribution in [0.1, 0.15) is 5.56 Å². The van der Waals surface area contributed by atoms with Gasteiger partial charge in [-0.15, -0.1) is 26.3 Å². The summed E-state index contributed by atoms with van der Waals surface area (Å²) in [5.41, 5.74) is -0.0145. The Hall–Kier alpha value is -0.830. The number of rotatable bonds is 4. The summed E-state index contributed by atoms with van der Waals surface area (Å²) in [6, 6.07) is 5.22. The van der Waals surface area contributed by atoms with Gasteiger partial charge in [-0.25, -0.2) is 9.05 Å². The first-order chi connectivity index (χ1) is 9.50. The Kier molecular flexibility index (Phi) is 6.03. The van der Waals surface area contributed by atoms with E-state index >= 15 is 0 Å². The summed E-state index contributed by atoms with van der Waals surface area (Å²) in [6.07, 6.45) is -10.8. The molecule has 4 nitrogen and oxygen atoms in total. The molecule has 12 heteroatoms. The van der Waals surface area contributed by atoms with Gasteiger partial charge in [0.25, 0.3) is 0 Å². The third-order valence-corrected chi connectivity index (χ3v) is 3.54. The SMILES string of the molecule is N#Cc1ccc(I)c(OP(OC(F)(F)F)OC(F)(F)F)c1. The molecule has 0 atom stereocenters. The van der Waals surface area contributed by atoms with Crippen LogP contribution in [0.5, 0.6) is 5.75 Å². The normalized spacial score (nSPS) is 12.3. The molecule has 1 rings (SSSR count). The number of benzene rings is 1. The highest BCUT2D eigenvalue weighted by atomic mass is 127. The summed E-state index contributed by atoms with van der Waals surface area (Å²) in [4.78, 5) is 0. The minimum Gasteiger partial charge on any atom is -0.425 e. The van der Waals surface area contributed by atoms with E-state index in [1.165, 1.54) is 12.1 Å². The standard InChI is InChI=1S/C9H3F6INO3P/c10-8(11,12)19-21(20-9(13,14)15)18-7-3-5(4-17)1-2-6(7)16/h1-3H. The third kappa shape index (κ3) is 7.12. The van der Waals surface area contributed by atoms with Gasteiger partial charge in [0, 0.05) is 0 Å². The average Bonchev–Trinajstić information content (AvgIpc) is 2.27. The van der Waals surface area contributed by atoms with E-state index in [2.05, 4.69) is 13.6 Å². The van der Waals surface area contributed by atoms with Crippen LogP contribution < -0.4 is 4.52 Å². The quantitative estimate of drug-likeness (QED) is 0.378. The Labute approximate surface area is 128 Å². The second kappa shape index (κ2) is 6.95. The summed E-state index contributed by atoms with van der Waals surface area (Å²) in [6.45, 7) is 0. The van der Waals surface area contributed by atoms with Crippen LogP contribution in [0, 0.1) is 14.9 Å². The lowest BCUT2D eigenvalue weighted by Crippen LogP contribution is -2.18. The fraction of sp³-hybridized carbons (Fsp3) is 0.222. The Morgan fingerprint density at radius 3 is 2.00 bits per heavy atom. The zero-order valence-corrected chi connectivity index (χ0v) is 12.5. The van der Waals surface area contributed by atoms with Crippen LogP contribution in [0.3, 0.4) is 0 Å². The zero-order valence-electron chi connectivity index (χ0n) is 9.50. The molecular formula is C9H3F6INO3P. The van der Waals surface area contributed by atoms with Crippen molar-refractivity contribution in [3.05, 3.63) is 27.3 Å². The first-order valence-electron chi connectivity index (χ1n) is 4.69. The van der Waals surface area contributed by atoms with Gasteiger partial charge in [0.15, 0.2) is 0 Å². The lowest BCUT2D eigenvalue weighted by molar-refractivity contribution is -0.306. The van der Waals surface area contributed by atoms with Gasteiger partial charge < -0.3 is 4.52 Å². The van der Waals surface area contributed by atoms with Crippen molar-refractivity contribution in [3.8, 4) is 11.8 Å². The Balaban J connectivity index is 2.98. The zero-order chi connectivity index (χ0) is 16.3. The molecule has 0 spiro atoms. The number of nitrogens with zero attached hydrogens (tertiary/aromatic N) is 1. The largest absolute Gasteiger partial charge is 0.530 e. The van der Waals surface area contributed by atoms with Crippen LogP contribution in [0.4, 0.5) is 26.3 Å². The van der Waals surface area contributed by atoms with E-state index in [-0.39, 0.29) is 9.13 Å². The van der Waals surface area contributed by atoms with E-state index in [9.17, 15) is 26.3 Å². The molecule has 116 valence electrons. The minimum absolute atomic E-state index is 0.0145. The maximum absolute atomic E-state index is 12.0. The second-order valence-corrected chi connectivity index (χ2v) is 5.30. The monoisotopic (exact) mass is 445 g/mol. The first-order valence-corrected chi connectivity index (χ1v) is 6.87. The molecule has 0 aliphatic heterocycles. The smallest absolute Gasteiger partial charge is 0.425 e. The highest BCUT2D eigenvalue weighted by molar-refractivity contribution is 14.1. The molecule has 0 fully saturated rings. The van der Waals surface area contributed by atoms with E-state index in [1.54, 1.807) is 28.7 Å². The van der Waals surface area contributed by atoms with Crippen LogP contribution in [0.25, 0.3) is 0 Å². The van der Waals surface area contributed by atoms with Gasteiger partial charge in [-0.3, -0.25) is 0 Å². The molecule has 0 bridgehead atoms. The van der Waals surface area contributed by atoms with Crippen molar-refractivity contribution >= 4 is 31.2 Å². The number of halogens is 7. The Bertz CT molecular complexity index is 528. The van der Waals surface area contributed by atoms with Gasteiger partial charge in [-0.2, -0.15) is 5.26 Å². The van der Waals surface area contributed by atoms with E-state index in [4.69, 9.17) is 5.26 Å². The molecule has 0 N–H and O–H groups in total. The molecule has 0 unspecified atom stereocenters. The molecule has 0 amide bonds. The predicted molar refractivity (Wildman–Crippen MR) is 65.7 cm³/mol. The number of hydrogen-bond acceptors (Lipinski definition) is 4. The number of hydrogen-bond donors (Lipinski definition) is 0. The highest BCUT2D eigenvalue weighted by Crippen LogP contribution is 2.50. The fourth-order valence-electron chi connectivity index (χ4n) is 0.948. The highest BCUT2D eigenvalue weighted by Gasteiger charge is 2.44. The molecule has 1 aromatic carbocycles. The fourth-order valence-corrected chi connectivity index (χ4v) is 2.33. The van der Waals surface area contributed by atoms with Crippen molar-refractivity contribution in [2.75, 3.05) is 0 Å². The van der Waals surface area contributed by atoms with E-state index in [1.807, 2.05) is 0 Å². The van der Waals surface area contributed by atoms with E-state index in [0.717, 1.165) is 6.07 Å². The van der Waals surface area contributed by atoms with E-state index < -0.39 is 27.1 Å². The van der Waals surface area contributed by atoms with Gasteiger partial charge in [0.2, 0.25) is 0 Å². The summed E-state index contributed by atoms with van der Waals surface area (Å²) in [7, 11) is -3.81. The summed E-state index contributed by atoms with van der Waals surface area (Å²) >= 11 is 1.60. The molecule has 0 saturated heterocycles. The number of nitriles is 1. The second-order valence-electron chi connectivity index (χ2n) is 3.15. The molecule has 0 aromatic heterocycles. The molecule has 0 heterocycles. The summed E-state index contributed by atoms with van der Waals surface area (Å²) < 4.78 is 83.2. The molecule has 0 aliphatic rings. The Morgan fingerprint density at radius 1 is 1.05 bits per heavy atom. The maximum Gasteiger partial charge on any atom is 0.530 e. The van der Waals surface area contributed by atoms with Crippen molar-refractivity contribution in [3.63, 3.8) is 0 Å². The van der Waals surface area contributed by atoms with Crippen molar-refractivity contribution < 1.29 is 39.9 Å². The summed E-state index contributed by atoms with van der Waals surface area (Å²) in [5.74, 6) is -0.394. The topological polar surface area (TPSA) is 51.5 Å². The molecule has 0 radical (unpaired) electrons. The van der Waals surface area contributed by atoms with Crippen LogP contribution in [-0.2, 0) is 9.05 Å². The lowest BCUT2D eigenvalue weighted by Gasteiger charge is -2.19. The van der Waals surface area contributed by atoms with Crippen LogP contribution in [-0.4, -0.2) is 12.7 Å². The van der Waals surface area contributed by atoms with E-state index in [0.29, 0.717) is 0 Å². The molecule has 0 saturated carbocycles. The van der Waals surface area contributed by atoms with Crippen molar-refractivity contribution in [2.45, 2.75) is 12.7 Å². The van der Waals surface area contributed by atoms with Gasteiger partial charge in [-0.05, 0) is 40.8 Å². The van der Waals surface area contributed by atoms with Crippen molar-refractivity contribution in [1.29, 1.82) is 5.26 Å². The maximum atomic E-state index is 12.0. The first kappa shape index (κ1) is 18.2. The molecular weight excluding hydrogens is 442 g/mol. The van der Waals surface area contributed by atoms with Crippen molar-refractivity contribution in [1.82, 2.24) is 0 Å². The molecule has 21 heavy (non-hydrogen) atoms. The lowest BCUT2D eigenvalue weighted by atomic mass is 10.2. The van der Waals surface area contributed by atoms with Gasteiger partial charge in [0.05, 0.1) is 15.2 Å². The minimum atomic E-state index is -5.38. The van der Waals surface area contributed by atoms with Crippen LogP contribution >= 0.6 is 31.2 Å². The van der Waals surface area contributed by atoms with Crippen molar-refractivity contribution in [2.24, 2.45) is 0 Å². The van der Waals surface area contributed by atoms with Gasteiger partial charge in [0.1, 0.15) is 5.75 Å². The van der Waals surface area contributed by atoms with Crippen LogP contribution in [0.15, 0.2) is 18.2 Å². The van der Waals surface area contributed by atoms with Gasteiger partial charge in [-0.1, -0.05) is 0 Å². The predicted octanol–water partition coefficient (Wildman–Crippen LogP) is 4.84. The Morgan fingerprint density at radius 2 is 1.57 bits per heavy atom.